The van der Waals surface area contributed by atoms with Crippen LogP contribution in [0.25, 0.3) is 5.82 Å². The Balaban J connectivity index is 1.65. The molecule has 3 N–H and O–H groups in total. The van der Waals surface area contributed by atoms with Crippen molar-refractivity contribution in [3.63, 3.8) is 0 Å². The number of nitrogens with zero attached hydrogens (tertiary/aromatic N) is 7. The van der Waals surface area contributed by atoms with Gasteiger partial charge in [-0.05, 0) is 35.4 Å². The summed E-state index contributed by atoms with van der Waals surface area (Å²) in [4.78, 5) is 14.9. The minimum Gasteiger partial charge on any atom is -0.378 e. The summed E-state index contributed by atoms with van der Waals surface area (Å²) < 4.78 is 6.02. The molecule has 11 nitrogen and oxygen atoms in total. The number of hydrogen-bond acceptors (Lipinski definition) is 9. The zero-order valence-electron chi connectivity index (χ0n) is 17.8. The van der Waals surface area contributed by atoms with Crippen LogP contribution in [0.3, 0.4) is 0 Å². The molecule has 0 aliphatic heterocycles. The molecule has 0 saturated carbocycles. The van der Waals surface area contributed by atoms with E-state index in [1.807, 2.05) is 60.5 Å². The van der Waals surface area contributed by atoms with Gasteiger partial charge in [-0.2, -0.15) is 9.78 Å². The van der Waals surface area contributed by atoms with Crippen molar-refractivity contribution in [3.8, 4) is 5.82 Å². The van der Waals surface area contributed by atoms with Gasteiger partial charge in [0.1, 0.15) is 0 Å². The standard InChI is InChI=1S/C21H20ClN9O2/c1-13(15-10-6-7-11-16(15)22)24-26-21(32)18-17(12-30(2)14-8-4-3-5-9-14)31(29-25-18)20-19(23)27-33-28-20/h3-11H,12H2,1-2H3,(H2,23,27)(H,26,32). The first kappa shape index (κ1) is 22.0. The molecule has 0 bridgehead atoms. The zero-order chi connectivity index (χ0) is 23.4. The number of nitrogens with two attached hydrogens (primary N) is 1. The third kappa shape index (κ3) is 4.67. The molecule has 0 aliphatic rings. The van der Waals surface area contributed by atoms with Crippen molar-refractivity contribution in [1.29, 1.82) is 0 Å². The Morgan fingerprint density at radius 3 is 2.61 bits per heavy atom. The summed E-state index contributed by atoms with van der Waals surface area (Å²) in [6.07, 6.45) is 0. The Morgan fingerprint density at radius 2 is 1.91 bits per heavy atom. The first-order chi connectivity index (χ1) is 16.0. The van der Waals surface area contributed by atoms with Gasteiger partial charge in [0, 0.05) is 23.3 Å². The predicted molar refractivity (Wildman–Crippen MR) is 123 cm³/mol. The van der Waals surface area contributed by atoms with Crippen LogP contribution in [0.1, 0.15) is 28.7 Å². The normalized spacial score (nSPS) is 11.4. The smallest absolute Gasteiger partial charge is 0.293 e. The van der Waals surface area contributed by atoms with Crippen LogP contribution in [0.2, 0.25) is 5.02 Å². The number of rotatable bonds is 7. The lowest BCUT2D eigenvalue weighted by Crippen LogP contribution is -2.25. The lowest BCUT2D eigenvalue weighted by atomic mass is 10.1. The molecule has 0 saturated heterocycles. The lowest BCUT2D eigenvalue weighted by molar-refractivity contribution is 0.0949. The van der Waals surface area contributed by atoms with E-state index in [0.717, 1.165) is 5.69 Å². The molecule has 4 rings (SSSR count). The van der Waals surface area contributed by atoms with E-state index in [4.69, 9.17) is 22.0 Å². The van der Waals surface area contributed by atoms with Gasteiger partial charge < -0.3 is 10.6 Å². The molecule has 0 radical (unpaired) electrons. The van der Waals surface area contributed by atoms with Crippen molar-refractivity contribution in [2.75, 3.05) is 17.7 Å². The van der Waals surface area contributed by atoms with Gasteiger partial charge >= 0.3 is 0 Å². The number of halogens is 1. The summed E-state index contributed by atoms with van der Waals surface area (Å²) in [5.41, 5.74) is 11.0. The minimum atomic E-state index is -0.556. The average Bonchev–Trinajstić information content (AvgIpc) is 3.43. The van der Waals surface area contributed by atoms with Crippen LogP contribution in [-0.4, -0.2) is 44.0 Å². The first-order valence-corrected chi connectivity index (χ1v) is 10.2. The highest BCUT2D eigenvalue weighted by molar-refractivity contribution is 6.34. The van der Waals surface area contributed by atoms with Gasteiger partial charge in [0.25, 0.3) is 5.91 Å². The number of carbonyl (C=O) groups excluding carboxylic acids is 1. The fourth-order valence-electron chi connectivity index (χ4n) is 3.13. The third-order valence-corrected chi connectivity index (χ3v) is 5.18. The number of para-hydroxylation sites is 1. The molecule has 1 amide bonds. The number of hydrogen-bond donors (Lipinski definition) is 2. The van der Waals surface area contributed by atoms with E-state index in [9.17, 15) is 4.79 Å². The number of benzene rings is 2. The number of nitrogens with one attached hydrogen (secondary N) is 1. The van der Waals surface area contributed by atoms with E-state index in [2.05, 4.69) is 31.2 Å². The number of carbonyl (C=O) groups is 1. The summed E-state index contributed by atoms with van der Waals surface area (Å²) in [6.45, 7) is 2.00. The fourth-order valence-corrected chi connectivity index (χ4v) is 3.40. The number of amides is 1. The second-order valence-corrected chi connectivity index (χ2v) is 7.49. The Labute approximate surface area is 193 Å². The first-order valence-electron chi connectivity index (χ1n) is 9.84. The van der Waals surface area contributed by atoms with Crippen LogP contribution in [0, 0.1) is 0 Å². The van der Waals surface area contributed by atoms with E-state index in [1.54, 1.807) is 13.0 Å². The Hall–Kier alpha value is -4.25. The van der Waals surface area contributed by atoms with Gasteiger partial charge in [0.05, 0.1) is 18.0 Å². The molecule has 0 spiro atoms. The van der Waals surface area contributed by atoms with Crippen molar-refractivity contribution < 1.29 is 9.42 Å². The van der Waals surface area contributed by atoms with E-state index in [1.165, 1.54) is 4.68 Å². The molecule has 2 aromatic carbocycles. The van der Waals surface area contributed by atoms with Crippen molar-refractivity contribution >= 4 is 34.7 Å². The van der Waals surface area contributed by atoms with Gasteiger partial charge in [-0.25, -0.2) is 10.1 Å². The second-order valence-electron chi connectivity index (χ2n) is 7.08. The van der Waals surface area contributed by atoms with Crippen molar-refractivity contribution in [1.82, 2.24) is 30.7 Å². The molecule has 0 fully saturated rings. The summed E-state index contributed by atoms with van der Waals surface area (Å²) in [5, 5.41) is 20.2. The highest BCUT2D eigenvalue weighted by Crippen LogP contribution is 2.20. The molecular weight excluding hydrogens is 446 g/mol. The van der Waals surface area contributed by atoms with E-state index >= 15 is 0 Å². The fraction of sp³-hybridized carbons (Fsp3) is 0.143. The highest BCUT2D eigenvalue weighted by atomic mass is 35.5. The SMILES string of the molecule is CC(=NNC(=O)c1nnn(-c2nonc2N)c1CN(C)c1ccccc1)c1ccccc1Cl. The zero-order valence-corrected chi connectivity index (χ0v) is 18.6. The van der Waals surface area contributed by atoms with Gasteiger partial charge in [-0.15, -0.1) is 5.10 Å². The molecular formula is C21H20ClN9O2. The summed E-state index contributed by atoms with van der Waals surface area (Å²) in [7, 11) is 1.87. The highest BCUT2D eigenvalue weighted by Gasteiger charge is 2.25. The van der Waals surface area contributed by atoms with E-state index in [-0.39, 0.29) is 23.9 Å². The second kappa shape index (κ2) is 9.49. The molecule has 2 aromatic heterocycles. The molecule has 0 atom stereocenters. The van der Waals surface area contributed by atoms with Crippen LogP contribution >= 0.6 is 11.6 Å². The van der Waals surface area contributed by atoms with Gasteiger partial charge in [-0.3, -0.25) is 4.79 Å². The molecule has 168 valence electrons. The van der Waals surface area contributed by atoms with Crippen LogP contribution in [0.4, 0.5) is 11.5 Å². The van der Waals surface area contributed by atoms with E-state index in [0.29, 0.717) is 22.0 Å². The van der Waals surface area contributed by atoms with Gasteiger partial charge in [0.2, 0.25) is 11.6 Å². The quantitative estimate of drug-likeness (QED) is 0.313. The molecule has 0 aliphatic carbocycles. The summed E-state index contributed by atoms with van der Waals surface area (Å²) >= 11 is 6.21. The topological polar surface area (TPSA) is 140 Å². The Kier molecular flexibility index (Phi) is 6.31. The summed E-state index contributed by atoms with van der Waals surface area (Å²) in [5.74, 6) is -0.407. The third-order valence-electron chi connectivity index (χ3n) is 4.85. The minimum absolute atomic E-state index is 0.0167. The van der Waals surface area contributed by atoms with Crippen LogP contribution in [0.15, 0.2) is 64.3 Å². The monoisotopic (exact) mass is 465 g/mol. The maximum atomic E-state index is 13.0. The van der Waals surface area contributed by atoms with Crippen LogP contribution in [-0.2, 0) is 6.54 Å². The summed E-state index contributed by atoms with van der Waals surface area (Å²) in [6, 6.07) is 16.8. The largest absolute Gasteiger partial charge is 0.378 e. The predicted octanol–water partition coefficient (Wildman–Crippen LogP) is 2.68. The number of nitrogen functional groups attached to an aromatic ring is 1. The maximum Gasteiger partial charge on any atom is 0.293 e. The van der Waals surface area contributed by atoms with Gasteiger partial charge in [0.15, 0.2) is 5.69 Å². The van der Waals surface area contributed by atoms with Gasteiger partial charge in [-0.1, -0.05) is 53.2 Å². The Bertz CT molecular complexity index is 1300. The van der Waals surface area contributed by atoms with Crippen molar-refractivity contribution in [2.45, 2.75) is 13.5 Å². The van der Waals surface area contributed by atoms with Crippen LogP contribution in [0.5, 0.6) is 0 Å². The van der Waals surface area contributed by atoms with Crippen molar-refractivity contribution in [3.05, 3.63) is 76.6 Å². The maximum absolute atomic E-state index is 13.0. The molecule has 33 heavy (non-hydrogen) atoms. The Morgan fingerprint density at radius 1 is 1.18 bits per heavy atom. The van der Waals surface area contributed by atoms with Crippen LogP contribution < -0.4 is 16.1 Å². The number of anilines is 2. The molecule has 0 unspecified atom stereocenters. The molecule has 2 heterocycles. The molecule has 12 heteroatoms. The van der Waals surface area contributed by atoms with Crippen molar-refractivity contribution in [2.24, 2.45) is 5.10 Å². The average molecular weight is 466 g/mol. The van der Waals surface area contributed by atoms with E-state index < -0.39 is 5.91 Å². The number of hydrazone groups is 1. The lowest BCUT2D eigenvalue weighted by Gasteiger charge is -2.19. The molecule has 4 aromatic rings. The number of aromatic nitrogens is 5.